The third-order valence-corrected chi connectivity index (χ3v) is 2.94. The summed E-state index contributed by atoms with van der Waals surface area (Å²) in [4.78, 5) is 15.5. The van der Waals surface area contributed by atoms with E-state index in [9.17, 15) is 15.0 Å². The molecule has 2 aromatic rings. The van der Waals surface area contributed by atoms with Crippen LogP contribution in [0.4, 0.5) is 5.69 Å². The van der Waals surface area contributed by atoms with Crippen molar-refractivity contribution in [3.05, 3.63) is 28.1 Å². The van der Waals surface area contributed by atoms with E-state index in [1.807, 2.05) is 0 Å². The summed E-state index contributed by atoms with van der Waals surface area (Å²) >= 11 is 0. The minimum Gasteiger partial charge on any atom is -0.508 e. The molecule has 1 atom stereocenters. The van der Waals surface area contributed by atoms with E-state index in [0.29, 0.717) is 10.9 Å². The molecule has 0 radical (unpaired) electrons. The van der Waals surface area contributed by atoms with Gasteiger partial charge in [0.1, 0.15) is 24.3 Å². The first-order valence-corrected chi connectivity index (χ1v) is 7.28. The molecule has 1 aromatic carbocycles. The Balaban J connectivity index is 2.80. The van der Waals surface area contributed by atoms with Gasteiger partial charge in [0.15, 0.2) is 5.75 Å². The molecule has 7 heteroatoms. The fourth-order valence-corrected chi connectivity index (χ4v) is 1.82. The number of fused-ring (bicyclic) bond motifs is 1. The number of aromatic hydroxyl groups is 2. The van der Waals surface area contributed by atoms with Crippen LogP contribution in [0.15, 0.2) is 31.3 Å². The fourth-order valence-electron chi connectivity index (χ4n) is 1.57. The second-order valence-electron chi connectivity index (χ2n) is 4.02. The summed E-state index contributed by atoms with van der Waals surface area (Å²) in [5.74, 6) is -0.325. The van der Waals surface area contributed by atoms with Gasteiger partial charge in [0, 0.05) is 10.4 Å². The highest BCUT2D eigenvalue weighted by molar-refractivity contribution is 7.53. The van der Waals surface area contributed by atoms with E-state index < -0.39 is 13.3 Å². The minimum atomic E-state index is -0.927. The summed E-state index contributed by atoms with van der Waals surface area (Å²) in [7, 11) is -0.927. The lowest BCUT2D eigenvalue weighted by Gasteiger charge is -2.05. The second-order valence-corrected chi connectivity index (χ2v) is 5.51. The monoisotopic (exact) mass is 279 g/mol. The molecule has 0 amide bonds. The van der Waals surface area contributed by atoms with Gasteiger partial charge in [-0.15, -0.1) is 0 Å². The molecule has 0 saturated carbocycles. The number of phenolic OH excluding ortho intramolecular Hbond substituents is 1. The van der Waals surface area contributed by atoms with Gasteiger partial charge >= 0.3 is 5.63 Å². The third kappa shape index (κ3) is 2.35. The summed E-state index contributed by atoms with van der Waals surface area (Å²) in [5.41, 5.74) is -0.548. The maximum Gasteiger partial charge on any atom is 0.368 e. The Bertz CT molecular complexity index is 764. The first kappa shape index (κ1) is 13.2. The maximum atomic E-state index is 11.8. The molecule has 98 valence electrons. The van der Waals surface area contributed by atoms with Crippen LogP contribution in [-0.2, 0) is 0 Å². The zero-order valence-corrected chi connectivity index (χ0v) is 11.3. The summed E-state index contributed by atoms with van der Waals surface area (Å²) in [6, 6.07) is 2.86. The first-order chi connectivity index (χ1) is 8.91. The molecule has 6 nitrogen and oxygen atoms in total. The van der Waals surface area contributed by atoms with Crippen LogP contribution >= 0.6 is 7.70 Å². The fraction of sp³-hybridized carbons (Fsp3) is 0.167. The summed E-state index contributed by atoms with van der Waals surface area (Å²) in [6.45, 7) is 3.34. The molecule has 1 unspecified atom stereocenters. The smallest absolute Gasteiger partial charge is 0.368 e. The molecule has 1 heterocycles. The first-order valence-electron chi connectivity index (χ1n) is 5.36. The lowest BCUT2D eigenvalue weighted by atomic mass is 10.1. The van der Waals surface area contributed by atoms with Gasteiger partial charge in [0.25, 0.3) is 7.70 Å². The van der Waals surface area contributed by atoms with Crippen LogP contribution in [0, 0.1) is 6.92 Å². The largest absolute Gasteiger partial charge is 0.508 e. The van der Waals surface area contributed by atoms with Gasteiger partial charge in [-0.05, 0) is 19.1 Å². The Kier molecular flexibility index (Phi) is 3.36. The highest BCUT2D eigenvalue weighted by Crippen LogP contribution is 2.36. The van der Waals surface area contributed by atoms with Crippen molar-refractivity contribution in [2.45, 2.75) is 6.92 Å². The highest BCUT2D eigenvalue weighted by atomic mass is 31.1. The summed E-state index contributed by atoms with van der Waals surface area (Å²) < 4.78 is 5.08. The predicted molar refractivity (Wildman–Crippen MR) is 75.0 cm³/mol. The summed E-state index contributed by atoms with van der Waals surface area (Å²) in [6.07, 6.45) is 3.66. The summed E-state index contributed by atoms with van der Waals surface area (Å²) in [5, 5.41) is 23.6. The number of aryl methyl sites for hydroxylation is 1. The molecule has 0 bridgehead atoms. The predicted octanol–water partition coefficient (Wildman–Crippen LogP) is 3.06. The Morgan fingerprint density at radius 3 is 2.68 bits per heavy atom. The lowest BCUT2D eigenvalue weighted by molar-refractivity contribution is 0.460. The third-order valence-electron chi connectivity index (χ3n) is 2.54. The van der Waals surface area contributed by atoms with Crippen molar-refractivity contribution >= 4 is 30.7 Å². The number of phenols is 1. The van der Waals surface area contributed by atoms with Crippen LogP contribution in [0.5, 0.6) is 11.5 Å². The molecule has 0 spiro atoms. The molecule has 0 aliphatic heterocycles. The van der Waals surface area contributed by atoms with E-state index >= 15 is 0 Å². The average Bonchev–Trinajstić information content (AvgIpc) is 2.34. The van der Waals surface area contributed by atoms with E-state index in [0.717, 1.165) is 0 Å². The topological polar surface area (TPSA) is 95.4 Å². The molecule has 2 rings (SSSR count). The van der Waals surface area contributed by atoms with Gasteiger partial charge in [0.2, 0.25) is 5.69 Å². The van der Waals surface area contributed by atoms with Gasteiger partial charge in [-0.25, -0.2) is 4.79 Å². The maximum absolute atomic E-state index is 11.8. The van der Waals surface area contributed by atoms with Gasteiger partial charge in [-0.1, -0.05) is 5.11 Å². The van der Waals surface area contributed by atoms with Gasteiger partial charge < -0.3 is 14.6 Å². The zero-order valence-electron chi connectivity index (χ0n) is 10.4. The van der Waals surface area contributed by atoms with Crippen molar-refractivity contribution < 1.29 is 14.6 Å². The molecule has 0 aliphatic rings. The van der Waals surface area contributed by atoms with Crippen LogP contribution < -0.4 is 5.63 Å². The number of rotatable bonds is 2. The Morgan fingerprint density at radius 2 is 2.05 bits per heavy atom. The van der Waals surface area contributed by atoms with Crippen molar-refractivity contribution in [3.63, 3.8) is 0 Å². The zero-order chi connectivity index (χ0) is 14.2. The quantitative estimate of drug-likeness (QED) is 0.501. The molecule has 0 fully saturated rings. The molecule has 2 N–H and O–H groups in total. The van der Waals surface area contributed by atoms with Crippen molar-refractivity contribution in [2.75, 3.05) is 6.66 Å². The molecular weight excluding hydrogens is 267 g/mol. The van der Waals surface area contributed by atoms with Crippen LogP contribution in [0.1, 0.15) is 5.56 Å². The van der Waals surface area contributed by atoms with E-state index in [1.165, 1.54) is 12.1 Å². The van der Waals surface area contributed by atoms with Crippen LogP contribution in [-0.4, -0.2) is 23.2 Å². The average molecular weight is 279 g/mol. The van der Waals surface area contributed by atoms with Crippen molar-refractivity contribution in [3.8, 4) is 11.5 Å². The Morgan fingerprint density at radius 1 is 1.37 bits per heavy atom. The standard InChI is InChI=1S/C12H11N2O4P/c1-6-8(15)5-4-7-10(16)9(13-14-19(2)3)12(17)18-11(6)7/h4-5H,2H2,1,3H3,(H-,14,15,16,17)/p+1. The van der Waals surface area contributed by atoms with Crippen molar-refractivity contribution in [2.24, 2.45) is 10.00 Å². The minimum absolute atomic E-state index is 0.0146. The SMILES string of the molecule is C=[P+](C)N=Nc1c(O)c2ccc(O)c(C)c2oc1=O. The van der Waals surface area contributed by atoms with Crippen LogP contribution in [0.2, 0.25) is 0 Å². The van der Waals surface area contributed by atoms with E-state index in [2.05, 4.69) is 16.3 Å². The highest BCUT2D eigenvalue weighted by Gasteiger charge is 2.17. The molecule has 1 aromatic heterocycles. The van der Waals surface area contributed by atoms with Gasteiger partial charge in [-0.2, -0.15) is 0 Å². The molecule has 0 saturated heterocycles. The van der Waals surface area contributed by atoms with Crippen LogP contribution in [0.3, 0.4) is 0 Å². The number of hydrogen-bond donors (Lipinski definition) is 2. The number of nitrogens with zero attached hydrogens (tertiary/aromatic N) is 2. The van der Waals surface area contributed by atoms with Gasteiger partial charge in [-0.3, -0.25) is 0 Å². The second kappa shape index (κ2) is 4.82. The number of benzene rings is 1. The van der Waals surface area contributed by atoms with E-state index in [1.54, 1.807) is 13.6 Å². The number of hydrogen-bond acceptors (Lipinski definition) is 6. The van der Waals surface area contributed by atoms with E-state index in [4.69, 9.17) is 4.42 Å². The Hall–Kier alpha value is -2.20. The van der Waals surface area contributed by atoms with Crippen molar-refractivity contribution in [1.82, 2.24) is 0 Å². The lowest BCUT2D eigenvalue weighted by Crippen LogP contribution is -1.99. The molecule has 0 aliphatic carbocycles. The molecule has 19 heavy (non-hydrogen) atoms. The van der Waals surface area contributed by atoms with Crippen molar-refractivity contribution in [1.29, 1.82) is 0 Å². The Labute approximate surface area is 109 Å². The van der Waals surface area contributed by atoms with Crippen LogP contribution in [0.25, 0.3) is 11.0 Å². The normalized spacial score (nSPS) is 12.2. The van der Waals surface area contributed by atoms with E-state index in [-0.39, 0.29) is 22.8 Å². The molecular formula is C12H12N2O4P+. The van der Waals surface area contributed by atoms with Gasteiger partial charge in [0.05, 0.1) is 5.39 Å².